The first-order valence-electron chi connectivity index (χ1n) is 6.69. The van der Waals surface area contributed by atoms with Crippen molar-refractivity contribution in [2.24, 2.45) is 5.92 Å². The van der Waals surface area contributed by atoms with E-state index in [9.17, 15) is 4.79 Å². The normalized spacial score (nSPS) is 12.3. The Morgan fingerprint density at radius 3 is 2.90 bits per heavy atom. The van der Waals surface area contributed by atoms with E-state index in [1.807, 2.05) is 19.9 Å². The molecule has 0 aromatic heterocycles. The van der Waals surface area contributed by atoms with E-state index in [2.05, 4.69) is 10.6 Å². The number of fused-ring (bicyclic) bond motifs is 1. The summed E-state index contributed by atoms with van der Waals surface area (Å²) in [6.45, 7) is 5.84. The quantitative estimate of drug-likeness (QED) is 0.779. The Kier molecular flexibility index (Phi) is 4.92. The first-order chi connectivity index (χ1) is 9.65. The number of hydrogen-bond acceptors (Lipinski definition) is 4. The van der Waals surface area contributed by atoms with Crippen LogP contribution in [-0.2, 0) is 0 Å². The SMILES string of the molecule is CC(C)CNC(=O)NCCOc1ccc2c(c1)OCO2. The molecule has 0 fully saturated rings. The standard InChI is InChI=1S/C14H20N2O4/c1-10(2)8-16-14(17)15-5-6-18-11-3-4-12-13(7-11)20-9-19-12/h3-4,7,10H,5-6,8-9H2,1-2H3,(H2,15,16,17). The lowest BCUT2D eigenvalue weighted by atomic mass is 10.2. The van der Waals surface area contributed by atoms with E-state index in [4.69, 9.17) is 14.2 Å². The van der Waals surface area contributed by atoms with Crippen LogP contribution in [-0.4, -0.2) is 32.5 Å². The number of amides is 2. The van der Waals surface area contributed by atoms with Gasteiger partial charge in [-0.05, 0) is 18.1 Å². The van der Waals surface area contributed by atoms with Crippen molar-refractivity contribution in [2.75, 3.05) is 26.5 Å². The number of rotatable bonds is 6. The third-order valence-electron chi connectivity index (χ3n) is 2.67. The van der Waals surface area contributed by atoms with E-state index in [-0.39, 0.29) is 12.8 Å². The van der Waals surface area contributed by atoms with E-state index < -0.39 is 0 Å². The topological polar surface area (TPSA) is 68.8 Å². The van der Waals surface area contributed by atoms with Crippen LogP contribution in [0, 0.1) is 5.92 Å². The van der Waals surface area contributed by atoms with Gasteiger partial charge >= 0.3 is 6.03 Å². The largest absolute Gasteiger partial charge is 0.492 e. The van der Waals surface area contributed by atoms with Gasteiger partial charge in [-0.2, -0.15) is 0 Å². The van der Waals surface area contributed by atoms with E-state index in [1.165, 1.54) is 0 Å². The number of benzene rings is 1. The molecule has 0 radical (unpaired) electrons. The average Bonchev–Trinajstić information content (AvgIpc) is 2.88. The second kappa shape index (κ2) is 6.88. The molecule has 6 heteroatoms. The van der Waals surface area contributed by atoms with Crippen LogP contribution in [0.4, 0.5) is 4.79 Å². The Hall–Kier alpha value is -2.11. The van der Waals surface area contributed by atoms with E-state index >= 15 is 0 Å². The zero-order valence-corrected chi connectivity index (χ0v) is 11.8. The van der Waals surface area contributed by atoms with Gasteiger partial charge in [0.1, 0.15) is 12.4 Å². The van der Waals surface area contributed by atoms with Crippen LogP contribution in [0.15, 0.2) is 18.2 Å². The van der Waals surface area contributed by atoms with Crippen LogP contribution < -0.4 is 24.8 Å². The lowest BCUT2D eigenvalue weighted by Gasteiger charge is -2.10. The molecule has 20 heavy (non-hydrogen) atoms. The first-order valence-corrected chi connectivity index (χ1v) is 6.69. The Balaban J connectivity index is 1.65. The first kappa shape index (κ1) is 14.3. The molecule has 2 rings (SSSR count). The smallest absolute Gasteiger partial charge is 0.314 e. The van der Waals surface area contributed by atoms with Crippen LogP contribution in [0.3, 0.4) is 0 Å². The number of carbonyl (C=O) groups excluding carboxylic acids is 1. The fourth-order valence-corrected chi connectivity index (χ4v) is 1.66. The molecule has 6 nitrogen and oxygen atoms in total. The summed E-state index contributed by atoms with van der Waals surface area (Å²) in [5, 5.41) is 5.50. The van der Waals surface area contributed by atoms with Gasteiger partial charge in [0.2, 0.25) is 6.79 Å². The molecule has 1 aliphatic heterocycles. The lowest BCUT2D eigenvalue weighted by molar-refractivity contribution is 0.173. The molecule has 1 heterocycles. The number of urea groups is 1. The molecule has 110 valence electrons. The van der Waals surface area contributed by atoms with Gasteiger partial charge in [-0.1, -0.05) is 13.8 Å². The van der Waals surface area contributed by atoms with Gasteiger partial charge in [0, 0.05) is 12.6 Å². The number of carbonyl (C=O) groups is 1. The summed E-state index contributed by atoms with van der Waals surface area (Å²) in [5.41, 5.74) is 0. The van der Waals surface area contributed by atoms with Gasteiger partial charge < -0.3 is 24.8 Å². The van der Waals surface area contributed by atoms with Gasteiger partial charge in [-0.15, -0.1) is 0 Å². The molecular weight excluding hydrogens is 260 g/mol. The van der Waals surface area contributed by atoms with Crippen molar-refractivity contribution < 1.29 is 19.0 Å². The van der Waals surface area contributed by atoms with E-state index in [0.717, 1.165) is 5.75 Å². The van der Waals surface area contributed by atoms with Crippen LogP contribution in [0.5, 0.6) is 17.2 Å². The molecule has 0 aliphatic carbocycles. The Morgan fingerprint density at radius 2 is 2.10 bits per heavy atom. The zero-order valence-electron chi connectivity index (χ0n) is 11.8. The maximum atomic E-state index is 11.4. The minimum Gasteiger partial charge on any atom is -0.492 e. The Bertz CT molecular complexity index is 462. The molecule has 0 unspecified atom stereocenters. The van der Waals surface area contributed by atoms with Crippen LogP contribution >= 0.6 is 0 Å². The zero-order chi connectivity index (χ0) is 14.4. The number of ether oxygens (including phenoxy) is 3. The fraction of sp³-hybridized carbons (Fsp3) is 0.500. The highest BCUT2D eigenvalue weighted by atomic mass is 16.7. The minimum absolute atomic E-state index is 0.173. The summed E-state index contributed by atoms with van der Waals surface area (Å²) < 4.78 is 16.0. The fourth-order valence-electron chi connectivity index (χ4n) is 1.66. The summed E-state index contributed by atoms with van der Waals surface area (Å²) in [6.07, 6.45) is 0. The van der Waals surface area contributed by atoms with Gasteiger partial charge in [0.25, 0.3) is 0 Å². The molecular formula is C14H20N2O4. The Labute approximate surface area is 118 Å². The van der Waals surface area contributed by atoms with Crippen molar-refractivity contribution in [2.45, 2.75) is 13.8 Å². The van der Waals surface area contributed by atoms with Gasteiger partial charge in [0.15, 0.2) is 11.5 Å². The summed E-state index contributed by atoms with van der Waals surface area (Å²) in [4.78, 5) is 11.4. The van der Waals surface area contributed by atoms with Crippen molar-refractivity contribution >= 4 is 6.03 Å². The minimum atomic E-state index is -0.173. The molecule has 0 saturated heterocycles. The number of hydrogen-bond donors (Lipinski definition) is 2. The van der Waals surface area contributed by atoms with Gasteiger partial charge in [0.05, 0.1) is 6.54 Å². The summed E-state index contributed by atoms with van der Waals surface area (Å²) in [7, 11) is 0. The van der Waals surface area contributed by atoms with E-state index in [1.54, 1.807) is 12.1 Å². The van der Waals surface area contributed by atoms with E-state index in [0.29, 0.717) is 37.1 Å². The molecule has 1 aliphatic rings. The molecule has 0 saturated carbocycles. The van der Waals surface area contributed by atoms with Crippen LogP contribution in [0.25, 0.3) is 0 Å². The maximum absolute atomic E-state index is 11.4. The highest BCUT2D eigenvalue weighted by Crippen LogP contribution is 2.34. The molecule has 1 aromatic rings. The van der Waals surface area contributed by atoms with Crippen LogP contribution in [0.1, 0.15) is 13.8 Å². The number of nitrogens with one attached hydrogen (secondary N) is 2. The second-order valence-corrected chi connectivity index (χ2v) is 4.89. The van der Waals surface area contributed by atoms with Crippen molar-refractivity contribution in [3.8, 4) is 17.2 Å². The van der Waals surface area contributed by atoms with Gasteiger partial charge in [-0.3, -0.25) is 0 Å². The molecule has 0 bridgehead atoms. The Morgan fingerprint density at radius 1 is 1.30 bits per heavy atom. The maximum Gasteiger partial charge on any atom is 0.314 e. The predicted molar refractivity (Wildman–Crippen MR) is 74.3 cm³/mol. The highest BCUT2D eigenvalue weighted by molar-refractivity contribution is 5.73. The predicted octanol–water partition coefficient (Wildman–Crippen LogP) is 1.75. The average molecular weight is 280 g/mol. The third kappa shape index (κ3) is 4.22. The third-order valence-corrected chi connectivity index (χ3v) is 2.67. The van der Waals surface area contributed by atoms with Gasteiger partial charge in [-0.25, -0.2) is 4.79 Å². The molecule has 1 aromatic carbocycles. The van der Waals surface area contributed by atoms with Crippen LogP contribution in [0.2, 0.25) is 0 Å². The summed E-state index contributed by atoms with van der Waals surface area (Å²) in [6, 6.07) is 5.22. The molecule has 2 N–H and O–H groups in total. The monoisotopic (exact) mass is 280 g/mol. The van der Waals surface area contributed by atoms with Crippen molar-refractivity contribution in [1.29, 1.82) is 0 Å². The molecule has 0 spiro atoms. The van der Waals surface area contributed by atoms with Crippen molar-refractivity contribution in [3.63, 3.8) is 0 Å². The summed E-state index contributed by atoms with van der Waals surface area (Å²) >= 11 is 0. The van der Waals surface area contributed by atoms with Crippen molar-refractivity contribution in [3.05, 3.63) is 18.2 Å². The molecule has 0 atom stereocenters. The molecule has 2 amide bonds. The second-order valence-electron chi connectivity index (χ2n) is 4.89. The lowest BCUT2D eigenvalue weighted by Crippen LogP contribution is -2.39. The summed E-state index contributed by atoms with van der Waals surface area (Å²) in [5.74, 6) is 2.54. The van der Waals surface area contributed by atoms with Crippen molar-refractivity contribution in [1.82, 2.24) is 10.6 Å². The highest BCUT2D eigenvalue weighted by Gasteiger charge is 2.13.